The minimum absolute atomic E-state index is 0.0258. The fraction of sp³-hybridized carbons (Fsp3) is 0.778. The molecule has 0 aromatic carbocycles. The van der Waals surface area contributed by atoms with Gasteiger partial charge in [0.15, 0.2) is 0 Å². The Labute approximate surface area is 78.5 Å². The Bertz CT molecular complexity index is 221. The van der Waals surface area contributed by atoms with E-state index in [9.17, 15) is 4.79 Å². The number of carbonyl (C=O) groups is 1. The molecule has 0 radical (unpaired) electrons. The molecule has 1 fully saturated rings. The summed E-state index contributed by atoms with van der Waals surface area (Å²) in [7, 11) is 0. The topological polar surface area (TPSA) is 56.1 Å². The summed E-state index contributed by atoms with van der Waals surface area (Å²) < 4.78 is 0. The number of nitrogens with one attached hydrogen (secondary N) is 1. The third-order valence-corrected chi connectivity index (χ3v) is 2.33. The number of carbonyl (C=O) groups excluding carboxylic acids is 1. The van der Waals surface area contributed by atoms with Crippen LogP contribution in [-0.4, -0.2) is 42.9 Å². The summed E-state index contributed by atoms with van der Waals surface area (Å²) in [6.45, 7) is 4.82. The Balaban J connectivity index is 2.47. The molecule has 0 saturated carbocycles. The highest BCUT2D eigenvalue weighted by Crippen LogP contribution is 2.04. The maximum Gasteiger partial charge on any atom is 0.148 e. The van der Waals surface area contributed by atoms with Gasteiger partial charge in [-0.3, -0.25) is 9.69 Å². The minimum Gasteiger partial charge on any atom is -0.313 e. The largest absolute Gasteiger partial charge is 0.313 e. The maximum absolute atomic E-state index is 11.2. The second-order valence-electron chi connectivity index (χ2n) is 3.27. The van der Waals surface area contributed by atoms with Crippen LogP contribution >= 0.6 is 0 Å². The van der Waals surface area contributed by atoms with E-state index in [1.165, 1.54) is 0 Å². The molecule has 0 aromatic rings. The zero-order chi connectivity index (χ0) is 9.68. The number of piperazine rings is 1. The van der Waals surface area contributed by atoms with Crippen molar-refractivity contribution in [1.29, 1.82) is 5.26 Å². The van der Waals surface area contributed by atoms with Gasteiger partial charge in [-0.1, -0.05) is 0 Å². The van der Waals surface area contributed by atoms with Crippen molar-refractivity contribution in [2.45, 2.75) is 19.4 Å². The zero-order valence-corrected chi connectivity index (χ0v) is 7.92. The van der Waals surface area contributed by atoms with Crippen LogP contribution in [0.1, 0.15) is 13.3 Å². The Morgan fingerprint density at radius 2 is 2.54 bits per heavy atom. The van der Waals surface area contributed by atoms with Crippen LogP contribution in [0.4, 0.5) is 0 Å². The average molecular weight is 181 g/mol. The number of nitrogens with zero attached hydrogens (tertiary/aromatic N) is 2. The van der Waals surface area contributed by atoms with Crippen LogP contribution in [0.2, 0.25) is 0 Å². The molecule has 1 rings (SSSR count). The molecule has 1 aliphatic heterocycles. The van der Waals surface area contributed by atoms with E-state index in [1.807, 2.05) is 0 Å². The molecule has 1 aliphatic rings. The summed E-state index contributed by atoms with van der Waals surface area (Å²) in [6.07, 6.45) is 0.504. The number of Topliss-reactive ketones (excluding diaryl/α,β-unsaturated/α-hetero) is 1. The van der Waals surface area contributed by atoms with Crippen molar-refractivity contribution in [3.8, 4) is 6.07 Å². The van der Waals surface area contributed by atoms with E-state index < -0.39 is 0 Å². The van der Waals surface area contributed by atoms with Gasteiger partial charge in [-0.2, -0.15) is 5.26 Å². The SMILES string of the molecule is CC(=O)C1CNCCN1CCC#N. The highest BCUT2D eigenvalue weighted by atomic mass is 16.1. The molecule has 0 aromatic heterocycles. The van der Waals surface area contributed by atoms with E-state index in [2.05, 4.69) is 16.3 Å². The zero-order valence-electron chi connectivity index (χ0n) is 7.92. The van der Waals surface area contributed by atoms with Crippen LogP contribution in [0.3, 0.4) is 0 Å². The van der Waals surface area contributed by atoms with E-state index in [0.717, 1.165) is 19.6 Å². The monoisotopic (exact) mass is 181 g/mol. The summed E-state index contributed by atoms with van der Waals surface area (Å²) in [5.41, 5.74) is 0. The van der Waals surface area contributed by atoms with Gasteiger partial charge in [-0.25, -0.2) is 0 Å². The summed E-state index contributed by atoms with van der Waals surface area (Å²) >= 11 is 0. The van der Waals surface area contributed by atoms with Gasteiger partial charge in [0.05, 0.1) is 12.1 Å². The third-order valence-electron chi connectivity index (χ3n) is 2.33. The van der Waals surface area contributed by atoms with Crippen LogP contribution in [-0.2, 0) is 4.79 Å². The lowest BCUT2D eigenvalue weighted by atomic mass is 10.1. The highest BCUT2D eigenvalue weighted by Gasteiger charge is 2.24. The summed E-state index contributed by atoms with van der Waals surface area (Å²) in [4.78, 5) is 13.3. The molecule has 0 bridgehead atoms. The highest BCUT2D eigenvalue weighted by molar-refractivity contribution is 5.81. The lowest BCUT2D eigenvalue weighted by Gasteiger charge is -2.33. The first-order valence-corrected chi connectivity index (χ1v) is 4.58. The molecular formula is C9H15N3O. The van der Waals surface area contributed by atoms with Gasteiger partial charge in [0.1, 0.15) is 5.78 Å². The number of nitriles is 1. The van der Waals surface area contributed by atoms with E-state index in [1.54, 1.807) is 6.92 Å². The Morgan fingerprint density at radius 1 is 1.77 bits per heavy atom. The van der Waals surface area contributed by atoms with Crippen molar-refractivity contribution < 1.29 is 4.79 Å². The quantitative estimate of drug-likeness (QED) is 0.653. The minimum atomic E-state index is -0.0258. The molecular weight excluding hydrogens is 166 g/mol. The van der Waals surface area contributed by atoms with Gasteiger partial charge in [0.25, 0.3) is 0 Å². The van der Waals surface area contributed by atoms with Crippen LogP contribution in [0.25, 0.3) is 0 Å². The molecule has 0 aliphatic carbocycles. The second kappa shape index (κ2) is 4.95. The average Bonchev–Trinajstić information content (AvgIpc) is 2.15. The van der Waals surface area contributed by atoms with Gasteiger partial charge >= 0.3 is 0 Å². The normalized spacial score (nSPS) is 23.8. The fourth-order valence-electron chi connectivity index (χ4n) is 1.61. The first-order chi connectivity index (χ1) is 6.25. The summed E-state index contributed by atoms with van der Waals surface area (Å²) in [5, 5.41) is 11.6. The van der Waals surface area contributed by atoms with E-state index in [-0.39, 0.29) is 11.8 Å². The van der Waals surface area contributed by atoms with Crippen molar-refractivity contribution in [3.05, 3.63) is 0 Å². The molecule has 72 valence electrons. The first-order valence-electron chi connectivity index (χ1n) is 4.58. The molecule has 0 spiro atoms. The smallest absolute Gasteiger partial charge is 0.148 e. The van der Waals surface area contributed by atoms with Crippen molar-refractivity contribution in [2.24, 2.45) is 0 Å². The van der Waals surface area contributed by atoms with Crippen molar-refractivity contribution in [2.75, 3.05) is 26.2 Å². The molecule has 13 heavy (non-hydrogen) atoms. The number of hydrogen-bond donors (Lipinski definition) is 1. The molecule has 1 heterocycles. The van der Waals surface area contributed by atoms with Crippen LogP contribution < -0.4 is 5.32 Å². The molecule has 1 atom stereocenters. The van der Waals surface area contributed by atoms with Gasteiger partial charge in [0.2, 0.25) is 0 Å². The molecule has 4 nitrogen and oxygen atoms in total. The van der Waals surface area contributed by atoms with E-state index >= 15 is 0 Å². The second-order valence-corrected chi connectivity index (χ2v) is 3.27. The number of ketones is 1. The molecule has 1 N–H and O–H groups in total. The molecule has 0 amide bonds. The van der Waals surface area contributed by atoms with Crippen molar-refractivity contribution in [3.63, 3.8) is 0 Å². The predicted octanol–water partition coefficient (Wildman–Crippen LogP) is -0.237. The van der Waals surface area contributed by atoms with Gasteiger partial charge in [-0.05, 0) is 6.92 Å². The van der Waals surface area contributed by atoms with Gasteiger partial charge in [-0.15, -0.1) is 0 Å². The standard InChI is InChI=1S/C9H15N3O/c1-8(13)9-7-11-4-6-12(9)5-2-3-10/h9,11H,2,4-7H2,1H3. The molecule has 1 saturated heterocycles. The lowest BCUT2D eigenvalue weighted by Crippen LogP contribution is -2.54. The Morgan fingerprint density at radius 3 is 3.15 bits per heavy atom. The Kier molecular flexibility index (Phi) is 3.87. The first kappa shape index (κ1) is 10.2. The maximum atomic E-state index is 11.2. The summed E-state index contributed by atoms with van der Waals surface area (Å²) in [6, 6.07) is 2.08. The fourth-order valence-corrected chi connectivity index (χ4v) is 1.61. The van der Waals surface area contributed by atoms with Crippen molar-refractivity contribution in [1.82, 2.24) is 10.2 Å². The Hall–Kier alpha value is -0.920. The van der Waals surface area contributed by atoms with E-state index in [0.29, 0.717) is 13.0 Å². The van der Waals surface area contributed by atoms with Crippen LogP contribution in [0.15, 0.2) is 0 Å². The predicted molar refractivity (Wildman–Crippen MR) is 49.1 cm³/mol. The van der Waals surface area contributed by atoms with Crippen molar-refractivity contribution >= 4 is 5.78 Å². The number of rotatable bonds is 3. The number of hydrogen-bond acceptors (Lipinski definition) is 4. The van der Waals surface area contributed by atoms with Gasteiger partial charge in [0, 0.05) is 32.6 Å². The molecule has 1 unspecified atom stereocenters. The van der Waals surface area contributed by atoms with E-state index in [4.69, 9.17) is 5.26 Å². The van der Waals surface area contributed by atoms with Gasteiger partial charge < -0.3 is 5.32 Å². The van der Waals surface area contributed by atoms with Crippen LogP contribution in [0, 0.1) is 11.3 Å². The van der Waals surface area contributed by atoms with Crippen LogP contribution in [0.5, 0.6) is 0 Å². The summed E-state index contributed by atoms with van der Waals surface area (Å²) in [5.74, 6) is 0.185. The molecule has 4 heteroatoms. The lowest BCUT2D eigenvalue weighted by molar-refractivity contribution is -0.122. The third kappa shape index (κ3) is 2.79.